The molecule has 4 rings (SSSR count). The van der Waals surface area contributed by atoms with E-state index in [4.69, 9.17) is 0 Å². The molecule has 3 atom stereocenters. The van der Waals surface area contributed by atoms with Crippen LogP contribution in [0.1, 0.15) is 89.5 Å². The normalized spacial score (nSPS) is 32.7. The fourth-order valence-electron chi connectivity index (χ4n) is 7.09. The van der Waals surface area contributed by atoms with Crippen molar-refractivity contribution in [3.8, 4) is 0 Å². The van der Waals surface area contributed by atoms with Crippen molar-refractivity contribution in [2.75, 3.05) is 13.1 Å². The van der Waals surface area contributed by atoms with E-state index in [1.807, 2.05) is 0 Å². The minimum atomic E-state index is 0.283. The number of fused-ring (bicyclic) bond motifs is 2. The van der Waals surface area contributed by atoms with Crippen molar-refractivity contribution in [2.45, 2.75) is 95.4 Å². The van der Waals surface area contributed by atoms with E-state index < -0.39 is 0 Å². The summed E-state index contributed by atoms with van der Waals surface area (Å²) in [6.45, 7) is 4.42. The lowest BCUT2D eigenvalue weighted by molar-refractivity contribution is -0.122. The number of piperidine rings is 1. The van der Waals surface area contributed by atoms with Crippen LogP contribution in [-0.2, 0) is 10.2 Å². The van der Waals surface area contributed by atoms with Gasteiger partial charge in [0.2, 0.25) is 5.91 Å². The van der Waals surface area contributed by atoms with Crippen molar-refractivity contribution in [3.05, 3.63) is 35.9 Å². The number of carbonyl (C=O) groups excluding carboxylic acids is 1. The van der Waals surface area contributed by atoms with Crippen LogP contribution in [0.25, 0.3) is 0 Å². The summed E-state index contributed by atoms with van der Waals surface area (Å²) >= 11 is 0. The largest absolute Gasteiger partial charge is 0.353 e. The van der Waals surface area contributed by atoms with Gasteiger partial charge in [-0.15, -0.1) is 0 Å². The van der Waals surface area contributed by atoms with Crippen LogP contribution in [0.4, 0.5) is 0 Å². The summed E-state index contributed by atoms with van der Waals surface area (Å²) in [5.41, 5.74) is 2.42. The summed E-state index contributed by atoms with van der Waals surface area (Å²) < 4.78 is 0. The van der Waals surface area contributed by atoms with Gasteiger partial charge in [-0.3, -0.25) is 4.79 Å². The molecule has 2 aliphatic carbocycles. The molecule has 160 valence electrons. The molecule has 1 aliphatic heterocycles. The summed E-state index contributed by atoms with van der Waals surface area (Å²) in [7, 11) is 0. The molecule has 3 nitrogen and oxygen atoms in total. The van der Waals surface area contributed by atoms with Gasteiger partial charge in [-0.25, -0.2) is 0 Å². The van der Waals surface area contributed by atoms with Gasteiger partial charge < -0.3 is 10.6 Å². The van der Waals surface area contributed by atoms with Gasteiger partial charge in [0.15, 0.2) is 0 Å². The van der Waals surface area contributed by atoms with Crippen LogP contribution in [0.3, 0.4) is 0 Å². The van der Waals surface area contributed by atoms with Crippen LogP contribution in [0.2, 0.25) is 0 Å². The first-order valence-electron chi connectivity index (χ1n) is 12.2. The highest BCUT2D eigenvalue weighted by molar-refractivity contribution is 5.76. The second kappa shape index (κ2) is 9.20. The van der Waals surface area contributed by atoms with Crippen molar-refractivity contribution >= 4 is 5.91 Å². The number of amides is 1. The number of hydrogen-bond donors (Lipinski definition) is 2. The number of nitrogens with one attached hydrogen (secondary N) is 2. The fraction of sp³-hybridized carbons (Fsp3) is 0.731. The molecule has 3 aliphatic rings. The molecule has 29 heavy (non-hydrogen) atoms. The maximum atomic E-state index is 12.6. The fourth-order valence-corrected chi connectivity index (χ4v) is 7.09. The van der Waals surface area contributed by atoms with Gasteiger partial charge in [0.05, 0.1) is 0 Å². The van der Waals surface area contributed by atoms with E-state index in [1.54, 1.807) is 5.56 Å². The van der Waals surface area contributed by atoms with Crippen LogP contribution in [-0.4, -0.2) is 25.0 Å². The molecule has 1 unspecified atom stereocenters. The Hall–Kier alpha value is -1.35. The van der Waals surface area contributed by atoms with Gasteiger partial charge in [0.25, 0.3) is 0 Å². The minimum Gasteiger partial charge on any atom is -0.353 e. The van der Waals surface area contributed by atoms with E-state index >= 15 is 0 Å². The summed E-state index contributed by atoms with van der Waals surface area (Å²) in [5.74, 6) is 0.973. The van der Waals surface area contributed by atoms with E-state index in [-0.39, 0.29) is 5.91 Å². The Balaban J connectivity index is 1.43. The second-order valence-electron chi connectivity index (χ2n) is 10.3. The lowest BCUT2D eigenvalue weighted by atomic mass is 9.49. The zero-order valence-electron chi connectivity index (χ0n) is 18.3. The van der Waals surface area contributed by atoms with E-state index in [1.165, 1.54) is 51.4 Å². The van der Waals surface area contributed by atoms with Crippen LogP contribution in [0, 0.1) is 11.3 Å². The van der Waals surface area contributed by atoms with Crippen molar-refractivity contribution in [1.29, 1.82) is 0 Å². The first kappa shape index (κ1) is 20.9. The molecule has 1 saturated heterocycles. The molecule has 3 fully saturated rings. The average molecular weight is 397 g/mol. The van der Waals surface area contributed by atoms with Crippen molar-refractivity contribution in [1.82, 2.24) is 10.6 Å². The Labute approximate surface area is 177 Å². The molecular formula is C26H40N2O. The van der Waals surface area contributed by atoms with Gasteiger partial charge in [-0.2, -0.15) is 0 Å². The lowest BCUT2D eigenvalue weighted by Gasteiger charge is -2.56. The van der Waals surface area contributed by atoms with Crippen LogP contribution in [0.15, 0.2) is 30.3 Å². The predicted octanol–water partition coefficient (Wildman–Crippen LogP) is 5.34. The molecule has 0 radical (unpaired) electrons. The first-order chi connectivity index (χ1) is 14.1. The third-order valence-electron chi connectivity index (χ3n) is 8.13. The molecule has 3 heteroatoms. The highest BCUT2D eigenvalue weighted by atomic mass is 16.1. The van der Waals surface area contributed by atoms with Gasteiger partial charge in [-0.1, -0.05) is 50.1 Å². The molecule has 2 N–H and O–H groups in total. The summed E-state index contributed by atoms with van der Waals surface area (Å²) in [6, 6.07) is 11.7. The smallest absolute Gasteiger partial charge is 0.220 e. The standard InChI is InChI=1S/C26H40N2O/c1-2-13-25-14-6-15-26(20-25,22-7-4-3-5-8-22)19-21(18-25)9-10-24(29)28-23-11-16-27-17-12-23/h3-5,7-8,21,23,27H,2,6,9-20H2,1H3,(H,28,29)/t21?,25-,26-/m1/s1. The molecule has 2 saturated carbocycles. The maximum Gasteiger partial charge on any atom is 0.220 e. The summed E-state index contributed by atoms with van der Waals surface area (Å²) in [5, 5.41) is 6.68. The third-order valence-corrected chi connectivity index (χ3v) is 8.13. The third kappa shape index (κ3) is 4.87. The van der Waals surface area contributed by atoms with Gasteiger partial charge in [-0.05, 0) is 93.2 Å². The Morgan fingerprint density at radius 1 is 1.14 bits per heavy atom. The molecule has 1 heterocycles. The Kier molecular flexibility index (Phi) is 6.63. The Bertz CT molecular complexity index is 665. The second-order valence-corrected chi connectivity index (χ2v) is 10.3. The van der Waals surface area contributed by atoms with E-state index in [9.17, 15) is 4.79 Å². The SMILES string of the molecule is CCC[C@@]12CCC[C@@](c3ccccc3)(CC(CCC(=O)NC3CCNCC3)C1)C2. The van der Waals surface area contributed by atoms with Crippen molar-refractivity contribution in [2.24, 2.45) is 11.3 Å². The van der Waals surface area contributed by atoms with Gasteiger partial charge in [0, 0.05) is 12.5 Å². The van der Waals surface area contributed by atoms with Crippen LogP contribution >= 0.6 is 0 Å². The zero-order chi connectivity index (χ0) is 20.2. The van der Waals surface area contributed by atoms with Crippen LogP contribution < -0.4 is 10.6 Å². The van der Waals surface area contributed by atoms with Gasteiger partial charge in [0.1, 0.15) is 0 Å². The topological polar surface area (TPSA) is 41.1 Å². The monoisotopic (exact) mass is 396 g/mol. The molecular weight excluding hydrogens is 356 g/mol. The molecule has 2 bridgehead atoms. The molecule has 0 spiro atoms. The molecule has 1 amide bonds. The molecule has 1 aromatic carbocycles. The zero-order valence-corrected chi connectivity index (χ0v) is 18.3. The summed E-state index contributed by atoms with van der Waals surface area (Å²) in [4.78, 5) is 12.6. The lowest BCUT2D eigenvalue weighted by Crippen LogP contribution is -2.47. The van der Waals surface area contributed by atoms with Gasteiger partial charge >= 0.3 is 0 Å². The molecule has 1 aromatic rings. The van der Waals surface area contributed by atoms with E-state index in [0.717, 1.165) is 32.4 Å². The predicted molar refractivity (Wildman–Crippen MR) is 120 cm³/mol. The molecule has 0 aromatic heterocycles. The first-order valence-corrected chi connectivity index (χ1v) is 12.2. The Morgan fingerprint density at radius 2 is 1.93 bits per heavy atom. The number of hydrogen-bond acceptors (Lipinski definition) is 2. The number of benzene rings is 1. The Morgan fingerprint density at radius 3 is 2.69 bits per heavy atom. The highest BCUT2D eigenvalue weighted by Crippen LogP contribution is 2.60. The van der Waals surface area contributed by atoms with E-state index in [0.29, 0.717) is 29.2 Å². The minimum absolute atomic E-state index is 0.283. The van der Waals surface area contributed by atoms with Crippen LogP contribution in [0.5, 0.6) is 0 Å². The summed E-state index contributed by atoms with van der Waals surface area (Å²) in [6.07, 6.45) is 14.7. The number of carbonyl (C=O) groups is 1. The number of rotatable bonds is 7. The van der Waals surface area contributed by atoms with E-state index in [2.05, 4.69) is 47.9 Å². The maximum absolute atomic E-state index is 12.6. The van der Waals surface area contributed by atoms with Crippen molar-refractivity contribution < 1.29 is 4.79 Å². The average Bonchev–Trinajstić information content (AvgIpc) is 2.73. The highest BCUT2D eigenvalue weighted by Gasteiger charge is 2.50. The quantitative estimate of drug-likeness (QED) is 0.653. The van der Waals surface area contributed by atoms with Crippen molar-refractivity contribution in [3.63, 3.8) is 0 Å².